The summed E-state index contributed by atoms with van der Waals surface area (Å²) in [6.45, 7) is 0. The van der Waals surface area contributed by atoms with Gasteiger partial charge in [-0.25, -0.2) is 0 Å². The standard InChI is InChI=1S/C62H40N2S/c1-2-18-41(19-3-1)56-40-45(36-37-49(56)50-26-8-12-31-57(50)64-58-32-13-9-27-51(58)52-28-10-14-33-59(52)64)63(60-34-17-30-54-53-29-11-15-35-61(53)65-62(54)60)44-22-16-21-42(38-44)55-39-43-20-4-5-23-46(43)47-24-6-7-25-48(47)55/h1-40H. The molecule has 0 N–H and O–H groups in total. The van der Waals surface area contributed by atoms with Gasteiger partial charge in [-0.05, 0) is 110 Å². The largest absolute Gasteiger partial charge is 0.309 e. The molecule has 0 saturated carbocycles. The average Bonchev–Trinajstić information content (AvgIpc) is 3.93. The van der Waals surface area contributed by atoms with Crippen LogP contribution in [0.2, 0.25) is 0 Å². The zero-order valence-corrected chi connectivity index (χ0v) is 36.2. The average molecular weight is 845 g/mol. The molecule has 0 spiro atoms. The second-order valence-corrected chi connectivity index (χ2v) is 17.9. The number of nitrogens with zero attached hydrogens (tertiary/aromatic N) is 2. The molecule has 2 aromatic heterocycles. The Bertz CT molecular complexity index is 3920. The smallest absolute Gasteiger partial charge is 0.0640 e. The fourth-order valence-electron chi connectivity index (χ4n) is 10.3. The Balaban J connectivity index is 1.06. The fourth-order valence-corrected chi connectivity index (χ4v) is 11.5. The van der Waals surface area contributed by atoms with Crippen molar-refractivity contribution in [3.8, 4) is 39.1 Å². The Morgan fingerprint density at radius 1 is 0.323 bits per heavy atom. The number of para-hydroxylation sites is 3. The summed E-state index contributed by atoms with van der Waals surface area (Å²) in [6, 6.07) is 89.1. The van der Waals surface area contributed by atoms with Crippen molar-refractivity contribution in [2.75, 3.05) is 4.90 Å². The van der Waals surface area contributed by atoms with Crippen LogP contribution in [0.4, 0.5) is 17.1 Å². The van der Waals surface area contributed by atoms with Gasteiger partial charge in [0.15, 0.2) is 0 Å². The highest BCUT2D eigenvalue weighted by Gasteiger charge is 2.23. The number of rotatable bonds is 7. The Morgan fingerprint density at radius 2 is 0.923 bits per heavy atom. The summed E-state index contributed by atoms with van der Waals surface area (Å²) < 4.78 is 4.99. The lowest BCUT2D eigenvalue weighted by molar-refractivity contribution is 1.18. The minimum atomic E-state index is 1.09. The van der Waals surface area contributed by atoms with E-state index in [1.807, 2.05) is 11.3 Å². The van der Waals surface area contributed by atoms with Crippen LogP contribution in [0.5, 0.6) is 0 Å². The lowest BCUT2D eigenvalue weighted by Gasteiger charge is -2.28. The zero-order chi connectivity index (χ0) is 42.8. The molecule has 0 aliphatic carbocycles. The number of fused-ring (bicyclic) bond motifs is 9. The van der Waals surface area contributed by atoms with Gasteiger partial charge in [-0.15, -0.1) is 11.3 Å². The molecule has 0 atom stereocenters. The quantitative estimate of drug-likeness (QED) is 0.145. The first-order valence-corrected chi connectivity index (χ1v) is 23.1. The van der Waals surface area contributed by atoms with Gasteiger partial charge in [0.1, 0.15) is 0 Å². The molecule has 2 nitrogen and oxygen atoms in total. The van der Waals surface area contributed by atoms with Crippen LogP contribution >= 0.6 is 11.3 Å². The third-order valence-corrected chi connectivity index (χ3v) is 14.4. The van der Waals surface area contributed by atoms with Crippen molar-refractivity contribution >= 4 is 91.9 Å². The molecular formula is C62H40N2S. The molecule has 0 unspecified atom stereocenters. The van der Waals surface area contributed by atoms with Gasteiger partial charge in [-0.1, -0.05) is 182 Å². The number of anilines is 3. The topological polar surface area (TPSA) is 8.17 Å². The molecular weight excluding hydrogens is 805 g/mol. The minimum Gasteiger partial charge on any atom is -0.309 e. The summed E-state index contributed by atoms with van der Waals surface area (Å²) in [6.07, 6.45) is 0. The van der Waals surface area contributed by atoms with Crippen LogP contribution in [0, 0.1) is 0 Å². The van der Waals surface area contributed by atoms with Crippen LogP contribution in [-0.2, 0) is 0 Å². The fraction of sp³-hybridized carbons (Fsp3) is 0. The van der Waals surface area contributed by atoms with Crippen molar-refractivity contribution in [1.29, 1.82) is 0 Å². The molecule has 0 amide bonds. The van der Waals surface area contributed by atoms with Gasteiger partial charge in [0.25, 0.3) is 0 Å². The minimum absolute atomic E-state index is 1.09. The Hall–Kier alpha value is -8.24. The Labute approximate surface area is 381 Å². The lowest BCUT2D eigenvalue weighted by Crippen LogP contribution is -2.10. The van der Waals surface area contributed by atoms with Gasteiger partial charge in [0.05, 0.1) is 27.1 Å². The van der Waals surface area contributed by atoms with Crippen LogP contribution in [-0.4, -0.2) is 4.57 Å². The maximum absolute atomic E-state index is 2.49. The van der Waals surface area contributed by atoms with Crippen LogP contribution in [0.15, 0.2) is 243 Å². The highest BCUT2D eigenvalue weighted by molar-refractivity contribution is 7.26. The Kier molecular flexibility index (Phi) is 8.75. The van der Waals surface area contributed by atoms with E-state index < -0.39 is 0 Å². The summed E-state index contributed by atoms with van der Waals surface area (Å²) in [5.74, 6) is 0. The molecule has 65 heavy (non-hydrogen) atoms. The molecule has 11 aromatic carbocycles. The van der Waals surface area contributed by atoms with E-state index in [4.69, 9.17) is 0 Å². The van der Waals surface area contributed by atoms with E-state index in [2.05, 4.69) is 252 Å². The number of aromatic nitrogens is 1. The maximum atomic E-state index is 2.49. The summed E-state index contributed by atoms with van der Waals surface area (Å²) in [5.41, 5.74) is 14.0. The van der Waals surface area contributed by atoms with Crippen molar-refractivity contribution in [3.63, 3.8) is 0 Å². The van der Waals surface area contributed by atoms with Crippen LogP contribution in [0.25, 0.3) is 103 Å². The van der Waals surface area contributed by atoms with Crippen molar-refractivity contribution < 1.29 is 0 Å². The molecule has 13 aromatic rings. The number of hydrogen-bond acceptors (Lipinski definition) is 2. The van der Waals surface area contributed by atoms with E-state index in [1.54, 1.807) is 0 Å². The molecule has 304 valence electrons. The van der Waals surface area contributed by atoms with Crippen molar-refractivity contribution in [3.05, 3.63) is 243 Å². The first kappa shape index (κ1) is 37.3. The molecule has 0 bridgehead atoms. The van der Waals surface area contributed by atoms with E-state index in [-0.39, 0.29) is 0 Å². The zero-order valence-electron chi connectivity index (χ0n) is 35.4. The van der Waals surface area contributed by atoms with Crippen LogP contribution < -0.4 is 4.90 Å². The second-order valence-electron chi connectivity index (χ2n) is 16.8. The summed E-state index contributed by atoms with van der Waals surface area (Å²) in [5, 5.41) is 10.1. The Morgan fingerprint density at radius 3 is 1.74 bits per heavy atom. The molecule has 0 saturated heterocycles. The molecule has 13 rings (SSSR count). The SMILES string of the molecule is c1ccc(-c2cc(N(c3cccc(-c4cc5ccccc5c5ccccc45)c3)c3cccc4c3sc3ccccc34)ccc2-c2ccccc2-n2c3ccccc3c3ccccc32)cc1. The molecule has 0 aliphatic heterocycles. The van der Waals surface area contributed by atoms with Crippen molar-refractivity contribution in [1.82, 2.24) is 4.57 Å². The van der Waals surface area contributed by atoms with E-state index in [1.165, 1.54) is 91.3 Å². The van der Waals surface area contributed by atoms with Gasteiger partial charge >= 0.3 is 0 Å². The second kappa shape index (κ2) is 15.2. The lowest BCUT2D eigenvalue weighted by atomic mass is 9.92. The molecule has 0 fully saturated rings. The van der Waals surface area contributed by atoms with Gasteiger partial charge in [0, 0.05) is 43.2 Å². The first-order valence-electron chi connectivity index (χ1n) is 22.3. The van der Waals surface area contributed by atoms with E-state index >= 15 is 0 Å². The predicted molar refractivity (Wildman–Crippen MR) is 280 cm³/mol. The van der Waals surface area contributed by atoms with Crippen molar-refractivity contribution in [2.45, 2.75) is 0 Å². The molecule has 0 radical (unpaired) electrons. The summed E-state index contributed by atoms with van der Waals surface area (Å²) >= 11 is 1.87. The highest BCUT2D eigenvalue weighted by Crippen LogP contribution is 2.48. The molecule has 2 heterocycles. The van der Waals surface area contributed by atoms with E-state index in [0.717, 1.165) is 28.3 Å². The van der Waals surface area contributed by atoms with Gasteiger partial charge in [-0.2, -0.15) is 0 Å². The van der Waals surface area contributed by atoms with Crippen LogP contribution in [0.3, 0.4) is 0 Å². The summed E-state index contributed by atoms with van der Waals surface area (Å²) in [4.78, 5) is 2.49. The van der Waals surface area contributed by atoms with Crippen LogP contribution in [0.1, 0.15) is 0 Å². The summed E-state index contributed by atoms with van der Waals surface area (Å²) in [7, 11) is 0. The normalized spacial score (nSPS) is 11.7. The molecule has 3 heteroatoms. The van der Waals surface area contributed by atoms with E-state index in [9.17, 15) is 0 Å². The van der Waals surface area contributed by atoms with Crippen molar-refractivity contribution in [2.24, 2.45) is 0 Å². The third-order valence-electron chi connectivity index (χ3n) is 13.2. The molecule has 0 aliphatic rings. The number of thiophene rings is 1. The third kappa shape index (κ3) is 6.08. The van der Waals surface area contributed by atoms with Gasteiger partial charge in [0.2, 0.25) is 0 Å². The van der Waals surface area contributed by atoms with Gasteiger partial charge in [-0.3, -0.25) is 0 Å². The van der Waals surface area contributed by atoms with E-state index in [0.29, 0.717) is 0 Å². The number of benzene rings is 11. The predicted octanol–water partition coefficient (Wildman–Crippen LogP) is 17.9. The maximum Gasteiger partial charge on any atom is 0.0640 e. The first-order chi connectivity index (χ1) is 32.3. The van der Waals surface area contributed by atoms with Gasteiger partial charge < -0.3 is 9.47 Å². The number of hydrogen-bond donors (Lipinski definition) is 0. The highest BCUT2D eigenvalue weighted by atomic mass is 32.1. The monoisotopic (exact) mass is 844 g/mol.